The third kappa shape index (κ3) is 2.27. The number of hydrogen-bond donors (Lipinski definition) is 1. The molecule has 0 aromatic carbocycles. The van der Waals surface area contributed by atoms with Crippen LogP contribution in [-0.4, -0.2) is 12.0 Å². The summed E-state index contributed by atoms with van der Waals surface area (Å²) in [5, 5.41) is 11.7. The van der Waals surface area contributed by atoms with Crippen LogP contribution in [0.3, 0.4) is 0 Å². The van der Waals surface area contributed by atoms with Crippen LogP contribution >= 0.6 is 0 Å². The summed E-state index contributed by atoms with van der Waals surface area (Å²) in [5.41, 5.74) is 1.27. The molecule has 3 nitrogen and oxygen atoms in total. The molecule has 0 saturated heterocycles. The highest BCUT2D eigenvalue weighted by molar-refractivity contribution is 5.34. The lowest BCUT2D eigenvalue weighted by molar-refractivity contribution is 0.245. The van der Waals surface area contributed by atoms with E-state index in [1.54, 1.807) is 0 Å². The number of rotatable bonds is 3. The van der Waals surface area contributed by atoms with E-state index < -0.39 is 0 Å². The number of nitrogens with zero attached hydrogens (tertiary/aromatic N) is 2. The Kier molecular flexibility index (Phi) is 2.86. The van der Waals surface area contributed by atoms with Crippen molar-refractivity contribution >= 4 is 5.82 Å². The average Bonchev–Trinajstić information content (AvgIpc) is 2.23. The van der Waals surface area contributed by atoms with Gasteiger partial charge in [0, 0.05) is 19.2 Å². The SMILES string of the molecule is CNc1ccc(CC2CC(C#N)C2)cn1. The summed E-state index contributed by atoms with van der Waals surface area (Å²) in [6.45, 7) is 0. The molecular weight excluding hydrogens is 186 g/mol. The van der Waals surface area contributed by atoms with E-state index in [0.29, 0.717) is 11.8 Å². The lowest BCUT2D eigenvalue weighted by atomic mass is 9.73. The lowest BCUT2D eigenvalue weighted by Gasteiger charge is -2.30. The first-order chi connectivity index (χ1) is 7.31. The topological polar surface area (TPSA) is 48.7 Å². The van der Waals surface area contributed by atoms with Gasteiger partial charge in [0.2, 0.25) is 0 Å². The van der Waals surface area contributed by atoms with Crippen molar-refractivity contribution in [1.29, 1.82) is 5.26 Å². The molecule has 1 saturated carbocycles. The highest BCUT2D eigenvalue weighted by Crippen LogP contribution is 2.35. The van der Waals surface area contributed by atoms with Crippen molar-refractivity contribution in [3.8, 4) is 6.07 Å². The van der Waals surface area contributed by atoms with Gasteiger partial charge in [-0.25, -0.2) is 4.98 Å². The van der Waals surface area contributed by atoms with Crippen LogP contribution in [0.4, 0.5) is 5.82 Å². The summed E-state index contributed by atoms with van der Waals surface area (Å²) in [6.07, 6.45) is 5.11. The van der Waals surface area contributed by atoms with Crippen LogP contribution in [0, 0.1) is 23.2 Å². The lowest BCUT2D eigenvalue weighted by Crippen LogP contribution is -2.24. The van der Waals surface area contributed by atoms with Crippen molar-refractivity contribution in [2.24, 2.45) is 11.8 Å². The number of aromatic nitrogens is 1. The van der Waals surface area contributed by atoms with Crippen molar-refractivity contribution in [3.63, 3.8) is 0 Å². The molecule has 1 N–H and O–H groups in total. The quantitative estimate of drug-likeness (QED) is 0.815. The Bertz CT molecular complexity index is 357. The van der Waals surface area contributed by atoms with Crippen LogP contribution in [0.1, 0.15) is 18.4 Å². The zero-order valence-electron chi connectivity index (χ0n) is 8.90. The molecule has 3 heteroatoms. The maximum Gasteiger partial charge on any atom is 0.125 e. The van der Waals surface area contributed by atoms with Gasteiger partial charge in [-0.1, -0.05) is 6.07 Å². The molecule has 0 bridgehead atoms. The highest BCUT2D eigenvalue weighted by atomic mass is 14.9. The Balaban J connectivity index is 1.87. The monoisotopic (exact) mass is 201 g/mol. The molecule has 0 aliphatic heterocycles. The van der Waals surface area contributed by atoms with E-state index in [0.717, 1.165) is 25.1 Å². The average molecular weight is 201 g/mol. The van der Waals surface area contributed by atoms with Crippen molar-refractivity contribution in [1.82, 2.24) is 4.98 Å². The highest BCUT2D eigenvalue weighted by Gasteiger charge is 2.28. The zero-order valence-corrected chi connectivity index (χ0v) is 8.90. The van der Waals surface area contributed by atoms with Crippen LogP contribution in [0.15, 0.2) is 18.3 Å². The molecule has 1 aliphatic carbocycles. The second-order valence-electron chi connectivity index (χ2n) is 4.17. The van der Waals surface area contributed by atoms with Crippen LogP contribution in [-0.2, 0) is 6.42 Å². The summed E-state index contributed by atoms with van der Waals surface area (Å²) in [6, 6.07) is 6.42. The van der Waals surface area contributed by atoms with Gasteiger partial charge >= 0.3 is 0 Å². The Hall–Kier alpha value is -1.56. The first-order valence-corrected chi connectivity index (χ1v) is 5.34. The maximum absolute atomic E-state index is 8.67. The molecule has 78 valence electrons. The van der Waals surface area contributed by atoms with Gasteiger partial charge in [-0.05, 0) is 36.8 Å². The van der Waals surface area contributed by atoms with E-state index >= 15 is 0 Å². The smallest absolute Gasteiger partial charge is 0.125 e. The van der Waals surface area contributed by atoms with E-state index in [1.165, 1.54) is 5.56 Å². The molecule has 0 amide bonds. The van der Waals surface area contributed by atoms with Crippen LogP contribution in [0.5, 0.6) is 0 Å². The number of pyridine rings is 1. The van der Waals surface area contributed by atoms with Crippen LogP contribution in [0.2, 0.25) is 0 Å². The fraction of sp³-hybridized carbons (Fsp3) is 0.500. The summed E-state index contributed by atoms with van der Waals surface area (Å²) < 4.78 is 0. The van der Waals surface area contributed by atoms with Crippen molar-refractivity contribution in [2.75, 3.05) is 12.4 Å². The number of nitriles is 1. The minimum absolute atomic E-state index is 0.305. The molecule has 15 heavy (non-hydrogen) atoms. The van der Waals surface area contributed by atoms with Crippen molar-refractivity contribution in [3.05, 3.63) is 23.9 Å². The van der Waals surface area contributed by atoms with Gasteiger partial charge in [-0.3, -0.25) is 0 Å². The first kappa shape index (κ1) is 9.97. The van der Waals surface area contributed by atoms with Gasteiger partial charge in [0.1, 0.15) is 5.82 Å². The van der Waals surface area contributed by atoms with Gasteiger partial charge in [-0.2, -0.15) is 5.26 Å². The number of anilines is 1. The molecule has 0 radical (unpaired) electrons. The molecule has 1 aromatic heterocycles. The summed E-state index contributed by atoms with van der Waals surface area (Å²) in [7, 11) is 1.87. The second-order valence-corrected chi connectivity index (χ2v) is 4.17. The summed E-state index contributed by atoms with van der Waals surface area (Å²) >= 11 is 0. The van der Waals surface area contributed by atoms with Gasteiger partial charge in [0.25, 0.3) is 0 Å². The molecule has 0 spiro atoms. The van der Waals surface area contributed by atoms with E-state index in [4.69, 9.17) is 5.26 Å². The van der Waals surface area contributed by atoms with E-state index in [2.05, 4.69) is 22.4 Å². The standard InChI is InChI=1S/C12H15N3/c1-14-12-3-2-9(8-15-12)4-10-5-11(6-10)7-13/h2-3,8,10-11H,4-6H2,1H3,(H,14,15). The van der Waals surface area contributed by atoms with E-state index in [9.17, 15) is 0 Å². The summed E-state index contributed by atoms with van der Waals surface area (Å²) in [4.78, 5) is 4.27. The molecule has 0 unspecified atom stereocenters. The van der Waals surface area contributed by atoms with E-state index in [-0.39, 0.29) is 0 Å². The fourth-order valence-electron chi connectivity index (χ4n) is 2.03. The molecule has 1 fully saturated rings. The van der Waals surface area contributed by atoms with Crippen molar-refractivity contribution < 1.29 is 0 Å². The van der Waals surface area contributed by atoms with Crippen LogP contribution in [0.25, 0.3) is 0 Å². The predicted octanol–water partition coefficient (Wildman–Crippen LogP) is 2.22. The maximum atomic E-state index is 8.67. The van der Waals surface area contributed by atoms with Gasteiger partial charge in [-0.15, -0.1) is 0 Å². The Morgan fingerprint density at radius 1 is 1.53 bits per heavy atom. The normalized spacial score (nSPS) is 24.0. The first-order valence-electron chi connectivity index (χ1n) is 5.34. The molecular formula is C12H15N3. The summed E-state index contributed by atoms with van der Waals surface area (Å²) in [5.74, 6) is 1.90. The minimum atomic E-state index is 0.305. The van der Waals surface area contributed by atoms with E-state index in [1.807, 2.05) is 19.3 Å². The number of nitrogens with one attached hydrogen (secondary N) is 1. The predicted molar refractivity (Wildman–Crippen MR) is 59.3 cm³/mol. The Morgan fingerprint density at radius 2 is 2.33 bits per heavy atom. The molecule has 0 atom stereocenters. The third-order valence-corrected chi connectivity index (χ3v) is 3.02. The molecule has 1 heterocycles. The van der Waals surface area contributed by atoms with Crippen LogP contribution < -0.4 is 5.32 Å². The Morgan fingerprint density at radius 3 is 2.87 bits per heavy atom. The Labute approximate surface area is 90.1 Å². The van der Waals surface area contributed by atoms with Crippen molar-refractivity contribution in [2.45, 2.75) is 19.3 Å². The fourth-order valence-corrected chi connectivity index (χ4v) is 2.03. The van der Waals surface area contributed by atoms with Gasteiger partial charge < -0.3 is 5.32 Å². The minimum Gasteiger partial charge on any atom is -0.373 e. The number of hydrogen-bond acceptors (Lipinski definition) is 3. The second kappa shape index (κ2) is 4.31. The van der Waals surface area contributed by atoms with Gasteiger partial charge in [0.05, 0.1) is 6.07 Å². The zero-order chi connectivity index (χ0) is 10.7. The molecule has 1 aliphatic rings. The largest absolute Gasteiger partial charge is 0.373 e. The molecule has 2 rings (SSSR count). The molecule has 1 aromatic rings. The third-order valence-electron chi connectivity index (χ3n) is 3.02. The van der Waals surface area contributed by atoms with Gasteiger partial charge in [0.15, 0.2) is 0 Å².